The minimum Gasteiger partial charge on any atom is -0.304 e. The Morgan fingerprint density at radius 3 is 1.11 bits per heavy atom. The van der Waals surface area contributed by atoms with E-state index in [2.05, 4.69) is 27.7 Å². The molecule has 0 bridgehead atoms. The largest absolute Gasteiger partial charge is 0.304 e. The quantitative estimate of drug-likeness (QED) is 0.612. The molecule has 0 aliphatic carbocycles. The molecule has 0 rings (SSSR count). The predicted molar refractivity (Wildman–Crippen MR) is 84.9 cm³/mol. The van der Waals surface area contributed by atoms with Gasteiger partial charge in [-0.1, -0.05) is 54.6 Å². The second-order valence-corrected chi connectivity index (χ2v) is 11.0. The van der Waals surface area contributed by atoms with E-state index in [1.54, 1.807) is 0 Å². The van der Waals surface area contributed by atoms with Gasteiger partial charge in [-0.05, 0) is 25.7 Å². The van der Waals surface area contributed by atoms with Crippen LogP contribution in [0, 0.1) is 10.8 Å². The molecule has 0 spiro atoms. The molecule has 0 N–H and O–H groups in total. The van der Waals surface area contributed by atoms with Crippen molar-refractivity contribution in [3.05, 3.63) is 0 Å². The highest BCUT2D eigenvalue weighted by molar-refractivity contribution is 7.24. The van der Waals surface area contributed by atoms with Crippen LogP contribution in [0.3, 0.4) is 0 Å². The average Bonchev–Trinajstić information content (AvgIpc) is 2.43. The van der Waals surface area contributed by atoms with E-state index in [9.17, 15) is 9.59 Å². The molecular weight excluding hydrogens is 252 g/mol. The van der Waals surface area contributed by atoms with Crippen LogP contribution in [0.5, 0.6) is 0 Å². The van der Waals surface area contributed by atoms with Crippen LogP contribution < -0.4 is 0 Å². The van der Waals surface area contributed by atoms with E-state index >= 15 is 0 Å². The smallest absolute Gasteiger partial charge is 0.203 e. The summed E-state index contributed by atoms with van der Waals surface area (Å²) in [4.78, 5) is 25.8. The second kappa shape index (κ2) is 6.34. The van der Waals surface area contributed by atoms with Crippen LogP contribution in [0.4, 0.5) is 0 Å². The second-order valence-electron chi connectivity index (χ2n) is 6.82. The summed E-state index contributed by atoms with van der Waals surface area (Å²) in [6.45, 7) is 16.1. The lowest BCUT2D eigenvalue weighted by Crippen LogP contribution is -2.57. The fourth-order valence-corrected chi connectivity index (χ4v) is 6.69. The summed E-state index contributed by atoms with van der Waals surface area (Å²) in [5, 5.41) is 0.478. The van der Waals surface area contributed by atoms with Crippen LogP contribution in [0.25, 0.3) is 0 Å². The van der Waals surface area contributed by atoms with Crippen molar-refractivity contribution in [2.75, 3.05) is 0 Å². The van der Waals surface area contributed by atoms with Crippen molar-refractivity contribution < 1.29 is 9.59 Å². The average molecular weight is 285 g/mol. The number of rotatable bonds is 8. The molecule has 0 aliphatic rings. The lowest BCUT2D eigenvalue weighted by Gasteiger charge is -2.37. The minimum absolute atomic E-state index is 0.239. The van der Waals surface area contributed by atoms with Gasteiger partial charge in [-0.15, -0.1) is 0 Å². The fraction of sp³-hybridized carbons (Fsp3) is 0.875. The molecule has 19 heavy (non-hydrogen) atoms. The van der Waals surface area contributed by atoms with Crippen molar-refractivity contribution in [2.24, 2.45) is 10.8 Å². The van der Waals surface area contributed by atoms with E-state index in [4.69, 9.17) is 0 Å². The number of carbonyl (C=O) groups is 2. The summed E-state index contributed by atoms with van der Waals surface area (Å²) >= 11 is 0. The van der Waals surface area contributed by atoms with Crippen molar-refractivity contribution in [3.63, 3.8) is 0 Å². The Hall–Kier alpha value is -0.443. The molecule has 0 heterocycles. The zero-order chi connectivity index (χ0) is 15.5. The monoisotopic (exact) mass is 284 g/mol. The van der Waals surface area contributed by atoms with Crippen LogP contribution in [0.1, 0.15) is 67.2 Å². The highest BCUT2D eigenvalue weighted by Gasteiger charge is 2.51. The lowest BCUT2D eigenvalue weighted by atomic mass is 9.86. The molecule has 0 aromatic rings. The van der Waals surface area contributed by atoms with E-state index in [1.165, 1.54) is 0 Å². The van der Waals surface area contributed by atoms with Crippen molar-refractivity contribution >= 4 is 18.9 Å². The molecule has 2 nitrogen and oxygen atoms in total. The third kappa shape index (κ3) is 3.36. The van der Waals surface area contributed by atoms with E-state index in [1.807, 2.05) is 26.9 Å². The van der Waals surface area contributed by atoms with Crippen LogP contribution in [0.15, 0.2) is 0 Å². The number of hydrogen-bond acceptors (Lipinski definition) is 2. The number of hydrogen-bond donors (Lipinski definition) is 0. The summed E-state index contributed by atoms with van der Waals surface area (Å²) in [6.07, 6.45) is 3.28. The SMILES string of the molecule is CCC(C)(CC)C(=O)[Si](C)(C)C(=O)C(C)(CC)CC. The molecule has 0 aromatic carbocycles. The van der Waals surface area contributed by atoms with Gasteiger partial charge in [0.05, 0.1) is 0 Å². The van der Waals surface area contributed by atoms with Crippen molar-refractivity contribution in [1.29, 1.82) is 0 Å². The first-order valence-corrected chi connectivity index (χ1v) is 10.7. The van der Waals surface area contributed by atoms with Gasteiger partial charge in [0, 0.05) is 10.8 Å². The Morgan fingerprint density at radius 1 is 0.737 bits per heavy atom. The first-order chi connectivity index (χ1) is 8.55. The highest BCUT2D eigenvalue weighted by Crippen LogP contribution is 2.36. The molecule has 0 fully saturated rings. The maximum Gasteiger partial charge on any atom is 0.203 e. The van der Waals surface area contributed by atoms with Crippen LogP contribution in [0.2, 0.25) is 13.1 Å². The van der Waals surface area contributed by atoms with Crippen LogP contribution in [-0.2, 0) is 9.59 Å². The zero-order valence-electron chi connectivity index (χ0n) is 14.1. The molecule has 0 unspecified atom stereocenters. The first kappa shape index (κ1) is 18.6. The fourth-order valence-electron chi connectivity index (χ4n) is 2.75. The zero-order valence-corrected chi connectivity index (χ0v) is 15.1. The van der Waals surface area contributed by atoms with Crippen LogP contribution in [-0.4, -0.2) is 18.9 Å². The Morgan fingerprint density at radius 2 is 0.947 bits per heavy atom. The first-order valence-electron chi connectivity index (χ1n) is 7.65. The molecule has 0 atom stereocenters. The van der Waals surface area contributed by atoms with Gasteiger partial charge in [0.15, 0.2) is 0 Å². The summed E-state index contributed by atoms with van der Waals surface area (Å²) in [6, 6.07) is 0. The van der Waals surface area contributed by atoms with E-state index in [0.717, 1.165) is 25.7 Å². The van der Waals surface area contributed by atoms with Gasteiger partial charge in [0.2, 0.25) is 8.07 Å². The molecule has 112 valence electrons. The predicted octanol–water partition coefficient (Wildman–Crippen LogP) is 4.56. The van der Waals surface area contributed by atoms with Gasteiger partial charge in [0.25, 0.3) is 0 Å². The Bertz CT molecular complexity index is 305. The Labute approximate surface area is 120 Å². The van der Waals surface area contributed by atoms with Gasteiger partial charge >= 0.3 is 0 Å². The standard InChI is InChI=1S/C16H32O2Si/c1-9-15(5,10-2)13(17)19(7,8)14(18)16(6,11-3)12-4/h9-12H2,1-8H3. The molecule has 3 heteroatoms. The lowest BCUT2D eigenvalue weighted by molar-refractivity contribution is -0.125. The molecule has 0 aromatic heterocycles. The highest BCUT2D eigenvalue weighted by atomic mass is 28.3. The van der Waals surface area contributed by atoms with Gasteiger partial charge in [-0.3, -0.25) is 0 Å². The summed E-state index contributed by atoms with van der Waals surface area (Å²) in [5.41, 5.74) is -0.651. The normalized spacial score (nSPS) is 13.5. The Kier molecular flexibility index (Phi) is 6.19. The van der Waals surface area contributed by atoms with E-state index in [0.29, 0.717) is 0 Å². The molecule has 0 aliphatic heterocycles. The van der Waals surface area contributed by atoms with E-state index < -0.39 is 8.07 Å². The molecule has 0 saturated carbocycles. The van der Waals surface area contributed by atoms with Gasteiger partial charge in [0.1, 0.15) is 10.8 Å². The topological polar surface area (TPSA) is 34.1 Å². The molecule has 0 saturated heterocycles. The molecule has 0 radical (unpaired) electrons. The minimum atomic E-state index is -2.54. The van der Waals surface area contributed by atoms with Gasteiger partial charge < -0.3 is 9.59 Å². The maximum absolute atomic E-state index is 12.9. The van der Waals surface area contributed by atoms with Crippen molar-refractivity contribution in [3.8, 4) is 0 Å². The van der Waals surface area contributed by atoms with Gasteiger partial charge in [-0.2, -0.15) is 0 Å². The molecule has 0 amide bonds. The van der Waals surface area contributed by atoms with Crippen LogP contribution >= 0.6 is 0 Å². The van der Waals surface area contributed by atoms with Crippen molar-refractivity contribution in [1.82, 2.24) is 0 Å². The summed E-state index contributed by atoms with van der Waals surface area (Å²) in [5.74, 6) is 0. The summed E-state index contributed by atoms with van der Waals surface area (Å²) < 4.78 is 0. The van der Waals surface area contributed by atoms with Crippen molar-refractivity contribution in [2.45, 2.75) is 80.3 Å². The third-order valence-electron chi connectivity index (χ3n) is 5.35. The summed E-state index contributed by atoms with van der Waals surface area (Å²) in [7, 11) is -2.54. The Balaban J connectivity index is 5.50. The maximum atomic E-state index is 12.9. The number of carbonyl (C=O) groups excluding carboxylic acids is 2. The van der Waals surface area contributed by atoms with Gasteiger partial charge in [-0.25, -0.2) is 0 Å². The van der Waals surface area contributed by atoms with E-state index in [-0.39, 0.29) is 21.6 Å². The third-order valence-corrected chi connectivity index (χ3v) is 8.83. The molecular formula is C16H32O2Si.